The van der Waals surface area contributed by atoms with E-state index in [0.717, 1.165) is 0 Å². The Labute approximate surface area is 200 Å². The summed E-state index contributed by atoms with van der Waals surface area (Å²) in [5.41, 5.74) is 1.31. The summed E-state index contributed by atoms with van der Waals surface area (Å²) in [6.45, 7) is 9.52. The lowest BCUT2D eigenvalue weighted by Gasteiger charge is -2.16. The van der Waals surface area contributed by atoms with E-state index in [-0.39, 0.29) is 18.4 Å². The number of carbonyl (C=O) groups excluding carboxylic acids is 1. The fourth-order valence-corrected chi connectivity index (χ4v) is 5.35. The van der Waals surface area contributed by atoms with E-state index in [1.807, 2.05) is 0 Å². The molecule has 0 spiro atoms. The van der Waals surface area contributed by atoms with Crippen LogP contribution in [0, 0.1) is 35.7 Å². The van der Waals surface area contributed by atoms with E-state index in [9.17, 15) is 4.79 Å². The number of hydrogen-bond acceptors (Lipinski definition) is 7. The fraction of sp³-hybridized carbons (Fsp3) is 0.333. The highest BCUT2D eigenvalue weighted by Gasteiger charge is 2.78. The summed E-state index contributed by atoms with van der Waals surface area (Å²) in [4.78, 5) is 23.8. The van der Waals surface area contributed by atoms with Crippen molar-refractivity contribution in [1.29, 1.82) is 5.26 Å². The minimum Gasteiger partial charge on any atom is -0.442 e. The molecule has 0 bridgehead atoms. The van der Waals surface area contributed by atoms with Crippen LogP contribution in [0.1, 0.15) is 5.69 Å². The molecule has 1 unspecified atom stereocenters. The van der Waals surface area contributed by atoms with Gasteiger partial charge in [-0.05, 0) is 24.3 Å². The van der Waals surface area contributed by atoms with Gasteiger partial charge in [-0.3, -0.25) is 9.88 Å². The summed E-state index contributed by atoms with van der Waals surface area (Å²) < 4.78 is 22.0. The number of rotatable bonds is 5. The summed E-state index contributed by atoms with van der Waals surface area (Å²) in [5.74, 6) is -0.289. The summed E-state index contributed by atoms with van der Waals surface area (Å²) in [5, 5.41) is 16.7. The second kappa shape index (κ2) is 7.77. The number of benzene rings is 1. The molecule has 2 saturated heterocycles. The van der Waals surface area contributed by atoms with Gasteiger partial charge in [0.25, 0.3) is 5.54 Å². The van der Waals surface area contributed by atoms with E-state index in [1.54, 1.807) is 52.4 Å². The van der Waals surface area contributed by atoms with Gasteiger partial charge in [-0.15, -0.1) is 5.10 Å². The van der Waals surface area contributed by atoms with Gasteiger partial charge in [-0.1, -0.05) is 11.3 Å². The number of cyclic esters (lactones) is 1. The van der Waals surface area contributed by atoms with Gasteiger partial charge < -0.3 is 14.5 Å². The quantitative estimate of drug-likeness (QED) is 0.417. The molecule has 0 radical (unpaired) electrons. The van der Waals surface area contributed by atoms with E-state index in [0.29, 0.717) is 42.1 Å². The van der Waals surface area contributed by atoms with E-state index in [2.05, 4.69) is 26.3 Å². The molecule has 174 valence electrons. The van der Waals surface area contributed by atoms with Gasteiger partial charge in [0, 0.05) is 36.6 Å². The van der Waals surface area contributed by atoms with Gasteiger partial charge in [0.05, 0.1) is 36.8 Å². The first-order valence-corrected chi connectivity index (χ1v) is 11.2. The second-order valence-corrected chi connectivity index (χ2v) is 8.99. The Morgan fingerprint density at radius 2 is 2.09 bits per heavy atom. The van der Waals surface area contributed by atoms with Crippen molar-refractivity contribution in [2.75, 3.05) is 24.5 Å². The maximum atomic E-state index is 15.1. The Kier molecular flexibility index (Phi) is 4.68. The number of piperidine rings is 1. The molecule has 1 saturated carbocycles. The number of hydrogen-bond donors (Lipinski definition) is 0. The number of likely N-dealkylation sites (tertiary alicyclic amines) is 1. The third-order valence-corrected chi connectivity index (χ3v) is 7.15. The van der Waals surface area contributed by atoms with E-state index < -0.39 is 23.6 Å². The molecule has 0 N–H and O–H groups in total. The molecule has 4 atom stereocenters. The number of fused-ring (bicyclic) bond motifs is 1. The maximum Gasteiger partial charge on any atom is 0.414 e. The lowest BCUT2D eigenvalue weighted by Crippen LogP contribution is -2.26. The van der Waals surface area contributed by atoms with Crippen LogP contribution in [0.4, 0.5) is 14.9 Å². The summed E-state index contributed by atoms with van der Waals surface area (Å²) in [7, 11) is 0. The summed E-state index contributed by atoms with van der Waals surface area (Å²) in [6.07, 6.45) is 5.99. The number of amides is 1. The molecular formula is C24H19FN8O2. The SMILES string of the molecule is [C-]#[N+]C1(c2ccc(-c3ccc(N4C[C@H](Cn5ccnn5)OC4=O)cc3F)cn2)[C@@H]2CN(C#N)C[C@@H]21. The normalized spacial score (nSPS) is 26.7. The first-order chi connectivity index (χ1) is 17.0. The number of pyridine rings is 1. The summed E-state index contributed by atoms with van der Waals surface area (Å²) in [6, 6.07) is 8.14. The smallest absolute Gasteiger partial charge is 0.414 e. The van der Waals surface area contributed by atoms with Crippen molar-refractivity contribution >= 4 is 11.8 Å². The second-order valence-electron chi connectivity index (χ2n) is 8.99. The Morgan fingerprint density at radius 1 is 1.26 bits per heavy atom. The van der Waals surface area contributed by atoms with Crippen molar-refractivity contribution in [3.05, 3.63) is 71.9 Å². The van der Waals surface area contributed by atoms with Crippen LogP contribution in [-0.4, -0.2) is 56.7 Å². The zero-order chi connectivity index (χ0) is 24.2. The van der Waals surface area contributed by atoms with Gasteiger partial charge in [-0.25, -0.2) is 20.4 Å². The molecule has 11 heteroatoms. The fourth-order valence-electron chi connectivity index (χ4n) is 5.35. The minimum absolute atomic E-state index is 0.0996. The van der Waals surface area contributed by atoms with Crippen molar-refractivity contribution in [2.45, 2.75) is 18.2 Å². The number of ether oxygens (including phenoxy) is 1. The van der Waals surface area contributed by atoms with Crippen molar-refractivity contribution < 1.29 is 13.9 Å². The predicted molar refractivity (Wildman–Crippen MR) is 120 cm³/mol. The number of halogens is 1. The molecule has 6 rings (SSSR count). The molecule has 35 heavy (non-hydrogen) atoms. The monoisotopic (exact) mass is 470 g/mol. The average Bonchev–Trinajstić information content (AvgIpc) is 3.37. The molecule has 10 nitrogen and oxygen atoms in total. The molecule has 2 aromatic heterocycles. The standard InChI is InChI=1S/C24H19FN8O2/c1-27-24(19-12-31(14-26)13-20(19)24)22-5-2-15(9-28-22)18-4-3-16(8-21(18)25)33-11-17(35-23(33)34)10-32-7-6-29-30-32/h2-9,17,19-20H,10-13H2/t17-,19-,20+,24?/m0/s1. The highest BCUT2D eigenvalue weighted by atomic mass is 19.1. The largest absolute Gasteiger partial charge is 0.442 e. The molecule has 3 aliphatic rings. The number of nitriles is 1. The number of nitrogens with zero attached hydrogens (tertiary/aromatic N) is 8. The zero-order valence-electron chi connectivity index (χ0n) is 18.5. The van der Waals surface area contributed by atoms with E-state index in [1.165, 1.54) is 11.0 Å². The van der Waals surface area contributed by atoms with Crippen LogP contribution in [-0.2, 0) is 16.8 Å². The third-order valence-electron chi connectivity index (χ3n) is 7.15. The highest BCUT2D eigenvalue weighted by molar-refractivity contribution is 5.90. The van der Waals surface area contributed by atoms with Gasteiger partial charge >= 0.3 is 6.09 Å². The van der Waals surface area contributed by atoms with Crippen LogP contribution in [0.15, 0.2) is 48.9 Å². The Morgan fingerprint density at radius 3 is 2.71 bits per heavy atom. The lowest BCUT2D eigenvalue weighted by molar-refractivity contribution is 0.129. The molecule has 3 aromatic rings. The van der Waals surface area contributed by atoms with Crippen LogP contribution in [0.3, 0.4) is 0 Å². The molecule has 1 aromatic carbocycles. The van der Waals surface area contributed by atoms with Crippen LogP contribution >= 0.6 is 0 Å². The average molecular weight is 470 g/mol. The molecule has 4 heterocycles. The van der Waals surface area contributed by atoms with Gasteiger partial charge in [0.1, 0.15) is 17.6 Å². The Balaban J connectivity index is 1.18. The van der Waals surface area contributed by atoms with E-state index in [4.69, 9.17) is 16.6 Å². The van der Waals surface area contributed by atoms with Crippen LogP contribution in [0.2, 0.25) is 0 Å². The molecule has 1 aliphatic carbocycles. The predicted octanol–water partition coefficient (Wildman–Crippen LogP) is 2.66. The summed E-state index contributed by atoms with van der Waals surface area (Å²) >= 11 is 0. The highest BCUT2D eigenvalue weighted by Crippen LogP contribution is 2.64. The number of aromatic nitrogens is 4. The van der Waals surface area contributed by atoms with Crippen LogP contribution in [0.5, 0.6) is 0 Å². The molecule has 3 fully saturated rings. The number of carbonyl (C=O) groups is 1. The molecular weight excluding hydrogens is 451 g/mol. The van der Waals surface area contributed by atoms with Crippen molar-refractivity contribution in [3.8, 4) is 17.3 Å². The van der Waals surface area contributed by atoms with Crippen LogP contribution in [0.25, 0.3) is 16.0 Å². The minimum atomic E-state index is -0.687. The zero-order valence-corrected chi connectivity index (χ0v) is 18.5. The van der Waals surface area contributed by atoms with Crippen molar-refractivity contribution in [3.63, 3.8) is 0 Å². The van der Waals surface area contributed by atoms with E-state index >= 15 is 4.39 Å². The first kappa shape index (κ1) is 21.1. The lowest BCUT2D eigenvalue weighted by atomic mass is 10.0. The van der Waals surface area contributed by atoms with Gasteiger partial charge in [-0.2, -0.15) is 5.26 Å². The topological polar surface area (TPSA) is 105 Å². The Hall–Kier alpha value is -4.51. The molecule has 1 amide bonds. The maximum absolute atomic E-state index is 15.1. The Bertz CT molecular complexity index is 1370. The van der Waals surface area contributed by atoms with Gasteiger partial charge in [0.2, 0.25) is 0 Å². The van der Waals surface area contributed by atoms with Gasteiger partial charge in [0.15, 0.2) is 6.19 Å². The van der Waals surface area contributed by atoms with Crippen molar-refractivity contribution in [1.82, 2.24) is 24.9 Å². The molecule has 2 aliphatic heterocycles. The number of anilines is 1. The van der Waals surface area contributed by atoms with Crippen molar-refractivity contribution in [2.24, 2.45) is 11.8 Å². The third kappa shape index (κ3) is 3.28. The van der Waals surface area contributed by atoms with Crippen LogP contribution < -0.4 is 4.90 Å². The first-order valence-electron chi connectivity index (χ1n) is 11.2.